The number of amides is 2. The molecule has 1 N–H and O–H groups in total. The van der Waals surface area contributed by atoms with Gasteiger partial charge in [-0.1, -0.05) is 61.8 Å². The molecule has 1 atom stereocenters. The fraction of sp³-hybridized carbons (Fsp3) is 0.286. The molecule has 0 fully saturated rings. The summed E-state index contributed by atoms with van der Waals surface area (Å²) in [4.78, 5) is 38.8. The summed E-state index contributed by atoms with van der Waals surface area (Å²) >= 11 is 6.14. The van der Waals surface area contributed by atoms with Gasteiger partial charge >= 0.3 is 0 Å². The molecule has 10 nitrogen and oxygen atoms in total. The standard InChI is InChI=1S/C28H31ClN4O6S/c1-20(2)17-30-28(35)21(3)31(18-22-9-7-10-23(29)15-22)27(34)19-32(24-11-8-12-25(16-24)33(36)37)40(38,39)26-13-5-4-6-14-26/h4-16,20-21H,17-19H2,1-3H3,(H,30,35). The Balaban J connectivity index is 2.05. The highest BCUT2D eigenvalue weighted by Gasteiger charge is 2.33. The second-order valence-corrected chi connectivity index (χ2v) is 11.9. The van der Waals surface area contributed by atoms with Crippen molar-refractivity contribution in [2.45, 2.75) is 38.3 Å². The lowest BCUT2D eigenvalue weighted by Crippen LogP contribution is -2.51. The number of nitro groups is 1. The number of halogens is 1. The van der Waals surface area contributed by atoms with Crippen molar-refractivity contribution in [2.75, 3.05) is 17.4 Å². The monoisotopic (exact) mass is 586 g/mol. The molecule has 0 aromatic heterocycles. The van der Waals surface area contributed by atoms with Crippen LogP contribution in [0, 0.1) is 16.0 Å². The van der Waals surface area contributed by atoms with Crippen LogP contribution in [0.15, 0.2) is 83.8 Å². The van der Waals surface area contributed by atoms with Crippen molar-refractivity contribution in [3.05, 3.63) is 99.6 Å². The molecule has 3 aromatic rings. The lowest BCUT2D eigenvalue weighted by molar-refractivity contribution is -0.384. The predicted molar refractivity (Wildman–Crippen MR) is 153 cm³/mol. The van der Waals surface area contributed by atoms with Gasteiger partial charge in [-0.3, -0.25) is 24.0 Å². The first-order chi connectivity index (χ1) is 18.9. The summed E-state index contributed by atoms with van der Waals surface area (Å²) < 4.78 is 28.3. The van der Waals surface area contributed by atoms with Crippen LogP contribution in [0.1, 0.15) is 26.3 Å². The van der Waals surface area contributed by atoms with Crippen molar-refractivity contribution in [3.8, 4) is 0 Å². The molecule has 1 unspecified atom stereocenters. The van der Waals surface area contributed by atoms with E-state index in [1.807, 2.05) is 13.8 Å². The normalized spacial score (nSPS) is 12.0. The smallest absolute Gasteiger partial charge is 0.271 e. The molecule has 0 spiro atoms. The van der Waals surface area contributed by atoms with Gasteiger partial charge in [0.2, 0.25) is 11.8 Å². The molecule has 40 heavy (non-hydrogen) atoms. The number of rotatable bonds is 12. The number of nitro benzene ring substituents is 1. The summed E-state index contributed by atoms with van der Waals surface area (Å²) in [7, 11) is -4.33. The van der Waals surface area contributed by atoms with Crippen LogP contribution >= 0.6 is 11.6 Å². The first-order valence-electron chi connectivity index (χ1n) is 12.5. The van der Waals surface area contributed by atoms with Gasteiger partial charge in [-0.15, -0.1) is 0 Å². The number of nitrogens with zero attached hydrogens (tertiary/aromatic N) is 3. The maximum absolute atomic E-state index is 13.9. The van der Waals surface area contributed by atoms with E-state index in [1.165, 1.54) is 47.4 Å². The number of sulfonamides is 1. The molecule has 0 saturated heterocycles. The summed E-state index contributed by atoms with van der Waals surface area (Å²) in [6.07, 6.45) is 0. The highest BCUT2D eigenvalue weighted by atomic mass is 35.5. The second-order valence-electron chi connectivity index (χ2n) is 9.57. The number of carbonyl (C=O) groups excluding carboxylic acids is 2. The van der Waals surface area contributed by atoms with E-state index in [0.29, 0.717) is 17.1 Å². The highest BCUT2D eigenvalue weighted by molar-refractivity contribution is 7.92. The molecule has 0 bridgehead atoms. The number of hydrogen-bond acceptors (Lipinski definition) is 6. The Morgan fingerprint density at radius 1 is 0.975 bits per heavy atom. The topological polar surface area (TPSA) is 130 Å². The molecule has 3 aromatic carbocycles. The lowest BCUT2D eigenvalue weighted by Gasteiger charge is -2.32. The van der Waals surface area contributed by atoms with Crippen LogP contribution in [0.4, 0.5) is 11.4 Å². The maximum Gasteiger partial charge on any atom is 0.271 e. The number of non-ortho nitro benzene ring substituents is 1. The molecular weight excluding hydrogens is 556 g/mol. The lowest BCUT2D eigenvalue weighted by atomic mass is 10.1. The van der Waals surface area contributed by atoms with Crippen LogP contribution in [0.25, 0.3) is 0 Å². The Bertz CT molecular complexity index is 1470. The molecule has 0 saturated carbocycles. The van der Waals surface area contributed by atoms with Gasteiger partial charge in [0.05, 0.1) is 15.5 Å². The van der Waals surface area contributed by atoms with Crippen molar-refractivity contribution >= 4 is 44.8 Å². The van der Waals surface area contributed by atoms with E-state index >= 15 is 0 Å². The maximum atomic E-state index is 13.9. The Labute approximate surface area is 238 Å². The van der Waals surface area contributed by atoms with E-state index in [-0.39, 0.29) is 28.7 Å². The van der Waals surface area contributed by atoms with Gasteiger partial charge in [-0.25, -0.2) is 8.42 Å². The second kappa shape index (κ2) is 13.4. The predicted octanol–water partition coefficient (Wildman–Crippen LogP) is 4.63. The molecule has 0 aliphatic rings. The minimum Gasteiger partial charge on any atom is -0.354 e. The molecule has 212 valence electrons. The molecular formula is C28H31ClN4O6S. The summed E-state index contributed by atoms with van der Waals surface area (Å²) in [5, 5.41) is 14.7. The van der Waals surface area contributed by atoms with Gasteiger partial charge in [0.15, 0.2) is 0 Å². The first-order valence-corrected chi connectivity index (χ1v) is 14.4. The van der Waals surface area contributed by atoms with Crippen LogP contribution in [-0.2, 0) is 26.2 Å². The minimum absolute atomic E-state index is 0.0240. The quantitative estimate of drug-likeness (QED) is 0.243. The molecule has 0 aliphatic heterocycles. The highest BCUT2D eigenvalue weighted by Crippen LogP contribution is 2.27. The van der Waals surface area contributed by atoms with E-state index in [0.717, 1.165) is 10.4 Å². The Hall–Kier alpha value is -3.96. The number of hydrogen-bond donors (Lipinski definition) is 1. The first kappa shape index (κ1) is 30.6. The fourth-order valence-electron chi connectivity index (χ4n) is 3.88. The number of anilines is 1. The van der Waals surface area contributed by atoms with Crippen LogP contribution in [0.5, 0.6) is 0 Å². The molecule has 0 aliphatic carbocycles. The average Bonchev–Trinajstić information content (AvgIpc) is 2.93. The van der Waals surface area contributed by atoms with Gasteiger partial charge in [-0.05, 0) is 48.7 Å². The summed E-state index contributed by atoms with van der Waals surface area (Å²) in [5.41, 5.74) is 0.235. The summed E-state index contributed by atoms with van der Waals surface area (Å²) in [6.45, 7) is 5.09. The van der Waals surface area contributed by atoms with E-state index in [1.54, 1.807) is 37.3 Å². The number of nitrogens with one attached hydrogen (secondary N) is 1. The Morgan fingerprint density at radius 3 is 2.27 bits per heavy atom. The van der Waals surface area contributed by atoms with Crippen molar-refractivity contribution in [2.24, 2.45) is 5.92 Å². The third kappa shape index (κ3) is 7.80. The van der Waals surface area contributed by atoms with Gasteiger partial charge in [0.1, 0.15) is 12.6 Å². The van der Waals surface area contributed by atoms with Crippen molar-refractivity contribution in [1.82, 2.24) is 10.2 Å². The zero-order valence-corrected chi connectivity index (χ0v) is 23.9. The van der Waals surface area contributed by atoms with Gasteiger partial charge in [-0.2, -0.15) is 0 Å². The van der Waals surface area contributed by atoms with Crippen LogP contribution in [0.2, 0.25) is 5.02 Å². The number of benzene rings is 3. The average molecular weight is 587 g/mol. The molecule has 0 heterocycles. The van der Waals surface area contributed by atoms with E-state index in [4.69, 9.17) is 11.6 Å². The summed E-state index contributed by atoms with van der Waals surface area (Å²) in [5.74, 6) is -0.913. The largest absolute Gasteiger partial charge is 0.354 e. The van der Waals surface area contributed by atoms with Crippen molar-refractivity contribution in [1.29, 1.82) is 0 Å². The third-order valence-corrected chi connectivity index (χ3v) is 8.06. The van der Waals surface area contributed by atoms with E-state index in [9.17, 15) is 28.1 Å². The van der Waals surface area contributed by atoms with Crippen molar-refractivity contribution < 1.29 is 22.9 Å². The fourth-order valence-corrected chi connectivity index (χ4v) is 5.52. The van der Waals surface area contributed by atoms with Crippen LogP contribution in [-0.4, -0.2) is 49.2 Å². The summed E-state index contributed by atoms with van der Waals surface area (Å²) in [6, 6.07) is 18.3. The van der Waals surface area contributed by atoms with Gasteiger partial charge in [0.25, 0.3) is 15.7 Å². The van der Waals surface area contributed by atoms with Crippen LogP contribution in [0.3, 0.4) is 0 Å². The molecule has 3 rings (SSSR count). The van der Waals surface area contributed by atoms with E-state index in [2.05, 4.69) is 5.32 Å². The Kier molecular flexibility index (Phi) is 10.2. The van der Waals surface area contributed by atoms with Crippen molar-refractivity contribution in [3.63, 3.8) is 0 Å². The molecule has 2 amide bonds. The minimum atomic E-state index is -4.33. The molecule has 0 radical (unpaired) electrons. The molecule has 12 heteroatoms. The van der Waals surface area contributed by atoms with E-state index < -0.39 is 39.3 Å². The zero-order valence-electron chi connectivity index (χ0n) is 22.4. The van der Waals surface area contributed by atoms with Gasteiger partial charge in [0, 0.05) is 30.2 Å². The third-order valence-electron chi connectivity index (χ3n) is 6.03. The zero-order chi connectivity index (χ0) is 29.4. The van der Waals surface area contributed by atoms with Crippen LogP contribution < -0.4 is 9.62 Å². The number of carbonyl (C=O) groups is 2. The van der Waals surface area contributed by atoms with Gasteiger partial charge < -0.3 is 10.2 Å². The Morgan fingerprint density at radius 2 is 1.65 bits per heavy atom. The SMILES string of the molecule is CC(C)CNC(=O)C(C)N(Cc1cccc(Cl)c1)C(=O)CN(c1cccc([N+](=O)[O-])c1)S(=O)(=O)c1ccccc1.